The first-order valence-electron chi connectivity index (χ1n) is 11.5. The van der Waals surface area contributed by atoms with Gasteiger partial charge in [0.05, 0.1) is 43.7 Å². The third-order valence-corrected chi connectivity index (χ3v) is 6.27. The average molecular weight is 448 g/mol. The lowest BCUT2D eigenvalue weighted by atomic mass is 10.1. The number of amides is 1. The van der Waals surface area contributed by atoms with Crippen LogP contribution >= 0.6 is 0 Å². The van der Waals surface area contributed by atoms with Gasteiger partial charge in [-0.2, -0.15) is 0 Å². The Kier molecular flexibility index (Phi) is 6.11. The highest BCUT2D eigenvalue weighted by Crippen LogP contribution is 2.32. The summed E-state index contributed by atoms with van der Waals surface area (Å²) in [6.45, 7) is 7.35. The van der Waals surface area contributed by atoms with Crippen LogP contribution in [-0.4, -0.2) is 75.0 Å². The molecule has 0 bridgehead atoms. The second kappa shape index (κ2) is 9.33. The summed E-state index contributed by atoms with van der Waals surface area (Å²) in [5.41, 5.74) is 3.24. The fraction of sp³-hybridized carbons (Fsp3) is 0.400. The van der Waals surface area contributed by atoms with Crippen molar-refractivity contribution >= 4 is 28.4 Å². The fourth-order valence-electron chi connectivity index (χ4n) is 4.44. The molecular weight excluding hydrogens is 418 g/mol. The van der Waals surface area contributed by atoms with E-state index in [1.807, 2.05) is 30.3 Å². The van der Waals surface area contributed by atoms with Crippen molar-refractivity contribution in [1.29, 1.82) is 0 Å². The van der Waals surface area contributed by atoms with Crippen molar-refractivity contribution < 1.29 is 14.3 Å². The van der Waals surface area contributed by atoms with E-state index in [1.165, 1.54) is 0 Å². The number of hydrogen-bond donors (Lipinski definition) is 1. The molecule has 2 fully saturated rings. The van der Waals surface area contributed by atoms with Crippen molar-refractivity contribution in [2.24, 2.45) is 0 Å². The molecule has 1 aromatic carbocycles. The van der Waals surface area contributed by atoms with Crippen molar-refractivity contribution in [2.45, 2.75) is 13.0 Å². The molecule has 8 heteroatoms. The Labute approximate surface area is 193 Å². The van der Waals surface area contributed by atoms with Crippen LogP contribution in [0, 0.1) is 0 Å². The van der Waals surface area contributed by atoms with E-state index >= 15 is 0 Å². The first-order chi connectivity index (χ1) is 16.1. The summed E-state index contributed by atoms with van der Waals surface area (Å²) in [5.74, 6) is 1.76. The third-order valence-electron chi connectivity index (χ3n) is 6.27. The Morgan fingerprint density at radius 2 is 1.85 bits per heavy atom. The Morgan fingerprint density at radius 3 is 2.64 bits per heavy atom. The molecule has 4 heterocycles. The number of aromatic nitrogens is 2. The van der Waals surface area contributed by atoms with Crippen LogP contribution in [0.5, 0.6) is 0 Å². The van der Waals surface area contributed by atoms with Gasteiger partial charge in [-0.3, -0.25) is 4.79 Å². The van der Waals surface area contributed by atoms with Crippen molar-refractivity contribution in [2.75, 3.05) is 62.9 Å². The predicted octanol–water partition coefficient (Wildman–Crippen LogP) is 2.72. The lowest BCUT2D eigenvalue weighted by Crippen LogP contribution is -2.44. The van der Waals surface area contributed by atoms with Crippen LogP contribution < -0.4 is 15.1 Å². The second-order valence-electron chi connectivity index (χ2n) is 8.44. The third kappa shape index (κ3) is 4.36. The summed E-state index contributed by atoms with van der Waals surface area (Å²) >= 11 is 0. The maximum atomic E-state index is 12.1. The highest BCUT2D eigenvalue weighted by atomic mass is 16.5. The molecule has 5 rings (SSSR count). The van der Waals surface area contributed by atoms with Gasteiger partial charge in [0.1, 0.15) is 11.6 Å². The Balaban J connectivity index is 1.62. The van der Waals surface area contributed by atoms with E-state index in [9.17, 15) is 4.79 Å². The maximum Gasteiger partial charge on any atom is 0.251 e. The summed E-state index contributed by atoms with van der Waals surface area (Å²) in [7, 11) is 1.64. The molecule has 0 saturated carbocycles. The van der Waals surface area contributed by atoms with Gasteiger partial charge in [0.2, 0.25) is 0 Å². The molecule has 0 unspecified atom stereocenters. The Bertz CT molecular complexity index is 1160. The number of nitrogens with one attached hydrogen (secondary N) is 1. The van der Waals surface area contributed by atoms with Crippen molar-refractivity contribution in [3.63, 3.8) is 0 Å². The number of anilines is 2. The number of hydrogen-bond acceptors (Lipinski definition) is 7. The number of rotatable bonds is 4. The molecule has 33 heavy (non-hydrogen) atoms. The predicted molar refractivity (Wildman–Crippen MR) is 129 cm³/mol. The van der Waals surface area contributed by atoms with E-state index in [-0.39, 0.29) is 11.9 Å². The topological polar surface area (TPSA) is 79.8 Å². The summed E-state index contributed by atoms with van der Waals surface area (Å²) in [4.78, 5) is 26.8. The number of nitrogens with zero attached hydrogens (tertiary/aromatic N) is 4. The van der Waals surface area contributed by atoms with Gasteiger partial charge in [-0.25, -0.2) is 9.97 Å². The lowest BCUT2D eigenvalue weighted by Gasteiger charge is -2.36. The molecule has 172 valence electrons. The van der Waals surface area contributed by atoms with Gasteiger partial charge in [-0.05, 0) is 31.2 Å². The van der Waals surface area contributed by atoms with Gasteiger partial charge in [-0.1, -0.05) is 12.1 Å². The van der Waals surface area contributed by atoms with Gasteiger partial charge < -0.3 is 24.6 Å². The van der Waals surface area contributed by atoms with Crippen molar-refractivity contribution in [1.82, 2.24) is 15.3 Å². The van der Waals surface area contributed by atoms with E-state index in [1.54, 1.807) is 7.05 Å². The van der Waals surface area contributed by atoms with Gasteiger partial charge in [0.15, 0.2) is 0 Å². The Hall–Kier alpha value is -3.23. The number of benzene rings is 1. The maximum absolute atomic E-state index is 12.1. The molecule has 0 spiro atoms. The fourth-order valence-corrected chi connectivity index (χ4v) is 4.44. The highest BCUT2D eigenvalue weighted by Gasteiger charge is 2.25. The van der Waals surface area contributed by atoms with Crippen molar-refractivity contribution in [3.8, 4) is 11.3 Å². The number of pyridine rings is 2. The highest BCUT2D eigenvalue weighted by molar-refractivity contribution is 5.96. The molecule has 2 aromatic heterocycles. The first kappa shape index (κ1) is 21.6. The molecule has 2 saturated heterocycles. The second-order valence-corrected chi connectivity index (χ2v) is 8.44. The molecule has 2 aliphatic heterocycles. The molecule has 0 radical (unpaired) electrons. The molecule has 1 N–H and O–H groups in total. The monoisotopic (exact) mass is 447 g/mol. The van der Waals surface area contributed by atoms with E-state index in [2.05, 4.69) is 34.2 Å². The minimum atomic E-state index is -0.111. The number of fused-ring (bicyclic) bond motifs is 1. The minimum Gasteiger partial charge on any atom is -0.378 e. The molecule has 0 aliphatic carbocycles. The standard InChI is InChI=1S/C25H29N5O3/c1-17-16-33-13-10-30(17)24-20-6-7-21(18-4-3-5-19(14-18)25(31)26-2)27-22(20)15-23(28-24)29-8-11-32-12-9-29/h3-7,14-15,17H,8-13,16H2,1-2H3,(H,26,31)/t17-/m0/s1. The molecule has 2 aliphatic rings. The number of morpholine rings is 2. The molecule has 8 nitrogen and oxygen atoms in total. The molecule has 3 aromatic rings. The normalized spacial score (nSPS) is 19.0. The van der Waals surface area contributed by atoms with E-state index in [0.717, 1.165) is 53.4 Å². The van der Waals surface area contributed by atoms with Gasteiger partial charge >= 0.3 is 0 Å². The quantitative estimate of drug-likeness (QED) is 0.659. The van der Waals surface area contributed by atoms with Crippen LogP contribution in [0.3, 0.4) is 0 Å². The summed E-state index contributed by atoms with van der Waals surface area (Å²) in [6, 6.07) is 14.0. The summed E-state index contributed by atoms with van der Waals surface area (Å²) < 4.78 is 11.2. The minimum absolute atomic E-state index is 0.111. The van der Waals surface area contributed by atoms with Crippen LogP contribution in [0.15, 0.2) is 42.5 Å². The van der Waals surface area contributed by atoms with Crippen LogP contribution in [0.4, 0.5) is 11.6 Å². The largest absolute Gasteiger partial charge is 0.378 e. The zero-order valence-corrected chi connectivity index (χ0v) is 19.1. The molecule has 1 atom stereocenters. The zero-order chi connectivity index (χ0) is 22.8. The van der Waals surface area contributed by atoms with E-state index in [0.29, 0.717) is 32.0 Å². The van der Waals surface area contributed by atoms with Crippen LogP contribution in [0.1, 0.15) is 17.3 Å². The van der Waals surface area contributed by atoms with Gasteiger partial charge in [0.25, 0.3) is 5.91 Å². The summed E-state index contributed by atoms with van der Waals surface area (Å²) in [5, 5.41) is 3.70. The molecular formula is C25H29N5O3. The average Bonchev–Trinajstić information content (AvgIpc) is 2.88. The zero-order valence-electron chi connectivity index (χ0n) is 19.1. The molecule has 1 amide bonds. The number of ether oxygens (including phenoxy) is 2. The SMILES string of the molecule is CNC(=O)c1cccc(-c2ccc3c(N4CCOC[C@@H]4C)nc(N4CCOCC4)cc3n2)c1. The number of carbonyl (C=O) groups is 1. The van der Waals surface area contributed by atoms with E-state index in [4.69, 9.17) is 19.4 Å². The summed E-state index contributed by atoms with van der Waals surface area (Å²) in [6.07, 6.45) is 0. The van der Waals surface area contributed by atoms with Gasteiger partial charge in [-0.15, -0.1) is 0 Å². The van der Waals surface area contributed by atoms with E-state index < -0.39 is 0 Å². The smallest absolute Gasteiger partial charge is 0.251 e. The van der Waals surface area contributed by atoms with Gasteiger partial charge in [0, 0.05) is 49.3 Å². The van der Waals surface area contributed by atoms with Crippen LogP contribution in [-0.2, 0) is 9.47 Å². The van der Waals surface area contributed by atoms with Crippen LogP contribution in [0.25, 0.3) is 22.2 Å². The Morgan fingerprint density at radius 1 is 1.03 bits per heavy atom. The lowest BCUT2D eigenvalue weighted by molar-refractivity contribution is 0.0963. The van der Waals surface area contributed by atoms with Crippen molar-refractivity contribution in [3.05, 3.63) is 48.0 Å². The number of carbonyl (C=O) groups excluding carboxylic acids is 1. The van der Waals surface area contributed by atoms with Crippen LogP contribution in [0.2, 0.25) is 0 Å². The first-order valence-corrected chi connectivity index (χ1v) is 11.5.